The summed E-state index contributed by atoms with van der Waals surface area (Å²) in [6.07, 6.45) is 7.78. The van der Waals surface area contributed by atoms with Crippen LogP contribution in [0.5, 0.6) is 0 Å². The molecule has 2 unspecified atom stereocenters. The highest BCUT2D eigenvalue weighted by atomic mass is 16.5. The average Bonchev–Trinajstić information content (AvgIpc) is 2.80. The van der Waals surface area contributed by atoms with Crippen molar-refractivity contribution >= 4 is 0 Å². The first kappa shape index (κ1) is 15.5. The van der Waals surface area contributed by atoms with Gasteiger partial charge in [-0.15, -0.1) is 0 Å². The molecule has 104 valence electrons. The van der Waals surface area contributed by atoms with Crippen LogP contribution in [0.1, 0.15) is 58.8 Å². The third-order valence-corrected chi connectivity index (χ3v) is 3.96. The fraction of sp³-hybridized carbons (Fsp3) is 0.933. The van der Waals surface area contributed by atoms with E-state index in [1.165, 1.54) is 19.3 Å². The number of rotatable bonds is 9. The van der Waals surface area contributed by atoms with Gasteiger partial charge < -0.3 is 4.74 Å². The minimum absolute atomic E-state index is 0.274. The highest BCUT2D eigenvalue weighted by Crippen LogP contribution is 2.37. The van der Waals surface area contributed by atoms with Crippen LogP contribution in [0.2, 0.25) is 0 Å². The zero-order valence-corrected chi connectivity index (χ0v) is 12.0. The standard InChI is InChI=1S/C15H28N2O/c1-3-5-11-18-12-8-14-7-6-9-15(14,13-16)17-10-4-2/h14,17H,3-12H2,1-2H3. The summed E-state index contributed by atoms with van der Waals surface area (Å²) in [5.74, 6) is 0.468. The predicted molar refractivity (Wildman–Crippen MR) is 74.3 cm³/mol. The van der Waals surface area contributed by atoms with Crippen molar-refractivity contribution in [1.82, 2.24) is 5.32 Å². The van der Waals surface area contributed by atoms with Gasteiger partial charge in [-0.05, 0) is 44.6 Å². The third kappa shape index (κ3) is 4.26. The van der Waals surface area contributed by atoms with Crippen LogP contribution in [-0.4, -0.2) is 25.3 Å². The maximum atomic E-state index is 9.50. The molecule has 0 aliphatic heterocycles. The van der Waals surface area contributed by atoms with Crippen LogP contribution in [-0.2, 0) is 4.74 Å². The number of hydrogen-bond donors (Lipinski definition) is 1. The second-order valence-corrected chi connectivity index (χ2v) is 5.35. The molecule has 0 aromatic heterocycles. The van der Waals surface area contributed by atoms with Crippen molar-refractivity contribution in [2.75, 3.05) is 19.8 Å². The molecule has 18 heavy (non-hydrogen) atoms. The molecule has 1 N–H and O–H groups in total. The molecule has 0 aromatic carbocycles. The first-order valence-electron chi connectivity index (χ1n) is 7.53. The van der Waals surface area contributed by atoms with Crippen LogP contribution in [0, 0.1) is 17.2 Å². The summed E-state index contributed by atoms with van der Waals surface area (Å²) in [6, 6.07) is 2.55. The Balaban J connectivity index is 2.35. The van der Waals surface area contributed by atoms with Crippen LogP contribution in [0.15, 0.2) is 0 Å². The summed E-state index contributed by atoms with van der Waals surface area (Å²) in [6.45, 7) is 6.94. The van der Waals surface area contributed by atoms with Gasteiger partial charge >= 0.3 is 0 Å². The molecule has 0 saturated heterocycles. The summed E-state index contributed by atoms with van der Waals surface area (Å²) < 4.78 is 5.64. The van der Waals surface area contributed by atoms with Crippen molar-refractivity contribution in [1.29, 1.82) is 5.26 Å². The minimum Gasteiger partial charge on any atom is -0.381 e. The van der Waals surface area contributed by atoms with Crippen molar-refractivity contribution < 1.29 is 4.74 Å². The van der Waals surface area contributed by atoms with Gasteiger partial charge in [0.15, 0.2) is 0 Å². The van der Waals surface area contributed by atoms with Crippen molar-refractivity contribution in [3.63, 3.8) is 0 Å². The molecule has 0 aromatic rings. The minimum atomic E-state index is -0.274. The van der Waals surface area contributed by atoms with Crippen LogP contribution in [0.4, 0.5) is 0 Å². The first-order valence-corrected chi connectivity index (χ1v) is 7.53. The lowest BCUT2D eigenvalue weighted by Gasteiger charge is -2.30. The predicted octanol–water partition coefficient (Wildman–Crippen LogP) is 3.26. The van der Waals surface area contributed by atoms with Gasteiger partial charge in [-0.2, -0.15) is 5.26 Å². The zero-order valence-electron chi connectivity index (χ0n) is 12.0. The van der Waals surface area contributed by atoms with Crippen LogP contribution < -0.4 is 5.32 Å². The van der Waals surface area contributed by atoms with Gasteiger partial charge in [0, 0.05) is 13.2 Å². The van der Waals surface area contributed by atoms with E-state index in [9.17, 15) is 5.26 Å². The molecule has 1 aliphatic rings. The van der Waals surface area contributed by atoms with E-state index in [0.717, 1.165) is 45.4 Å². The Morgan fingerprint density at radius 1 is 1.33 bits per heavy atom. The van der Waals surface area contributed by atoms with Crippen molar-refractivity contribution in [2.24, 2.45) is 5.92 Å². The monoisotopic (exact) mass is 252 g/mol. The van der Waals surface area contributed by atoms with E-state index < -0.39 is 0 Å². The van der Waals surface area contributed by atoms with E-state index in [-0.39, 0.29) is 5.54 Å². The fourth-order valence-electron chi connectivity index (χ4n) is 2.81. The van der Waals surface area contributed by atoms with Gasteiger partial charge in [0.05, 0.1) is 6.07 Å². The van der Waals surface area contributed by atoms with Gasteiger partial charge in [-0.1, -0.05) is 26.7 Å². The molecule has 3 nitrogen and oxygen atoms in total. The van der Waals surface area contributed by atoms with Crippen molar-refractivity contribution in [3.8, 4) is 6.07 Å². The molecule has 2 atom stereocenters. The smallest absolute Gasteiger partial charge is 0.109 e. The second-order valence-electron chi connectivity index (χ2n) is 5.35. The summed E-state index contributed by atoms with van der Waals surface area (Å²) in [5, 5.41) is 13.0. The van der Waals surface area contributed by atoms with E-state index in [1.807, 2.05) is 0 Å². The Labute approximate surface area is 112 Å². The largest absolute Gasteiger partial charge is 0.381 e. The molecule has 1 saturated carbocycles. The first-order chi connectivity index (χ1) is 8.79. The number of ether oxygens (including phenoxy) is 1. The molecule has 0 bridgehead atoms. The van der Waals surface area contributed by atoms with Crippen LogP contribution in [0.3, 0.4) is 0 Å². The van der Waals surface area contributed by atoms with E-state index >= 15 is 0 Å². The molecule has 0 radical (unpaired) electrons. The number of nitriles is 1. The molecule has 0 amide bonds. The molecule has 1 fully saturated rings. The zero-order chi connectivity index (χ0) is 13.3. The second kappa shape index (κ2) is 8.50. The Kier molecular flexibility index (Phi) is 7.31. The van der Waals surface area contributed by atoms with E-state index in [2.05, 4.69) is 25.2 Å². The van der Waals surface area contributed by atoms with E-state index in [4.69, 9.17) is 4.74 Å². The maximum absolute atomic E-state index is 9.50. The molecule has 0 heterocycles. The molecular formula is C15H28N2O. The van der Waals surface area contributed by atoms with Crippen molar-refractivity contribution in [3.05, 3.63) is 0 Å². The molecule has 1 rings (SSSR count). The Bertz CT molecular complexity index is 262. The molecule has 3 heteroatoms. The number of hydrogen-bond acceptors (Lipinski definition) is 3. The highest BCUT2D eigenvalue weighted by Gasteiger charge is 2.42. The number of nitrogens with one attached hydrogen (secondary N) is 1. The third-order valence-electron chi connectivity index (χ3n) is 3.96. The lowest BCUT2D eigenvalue weighted by Crippen LogP contribution is -2.47. The van der Waals surface area contributed by atoms with E-state index in [1.54, 1.807) is 0 Å². The quantitative estimate of drug-likeness (QED) is 0.641. The fourth-order valence-corrected chi connectivity index (χ4v) is 2.81. The Morgan fingerprint density at radius 2 is 2.17 bits per heavy atom. The summed E-state index contributed by atoms with van der Waals surface area (Å²) in [5.41, 5.74) is -0.274. The maximum Gasteiger partial charge on any atom is 0.109 e. The highest BCUT2D eigenvalue weighted by molar-refractivity contribution is 5.13. The lowest BCUT2D eigenvalue weighted by atomic mass is 9.86. The summed E-state index contributed by atoms with van der Waals surface area (Å²) in [4.78, 5) is 0. The van der Waals surface area contributed by atoms with Gasteiger partial charge in [-0.25, -0.2) is 0 Å². The SMILES string of the molecule is CCCCOCCC1CCCC1(C#N)NCCC. The summed E-state index contributed by atoms with van der Waals surface area (Å²) in [7, 11) is 0. The lowest BCUT2D eigenvalue weighted by molar-refractivity contribution is 0.109. The van der Waals surface area contributed by atoms with Gasteiger partial charge in [0.1, 0.15) is 5.54 Å². The number of unbranched alkanes of at least 4 members (excludes halogenated alkanes) is 1. The van der Waals surface area contributed by atoms with E-state index in [0.29, 0.717) is 5.92 Å². The van der Waals surface area contributed by atoms with Crippen LogP contribution >= 0.6 is 0 Å². The number of nitrogens with zero attached hydrogens (tertiary/aromatic N) is 1. The topological polar surface area (TPSA) is 45.0 Å². The van der Waals surface area contributed by atoms with Gasteiger partial charge in [0.25, 0.3) is 0 Å². The summed E-state index contributed by atoms with van der Waals surface area (Å²) >= 11 is 0. The molecular weight excluding hydrogens is 224 g/mol. The molecule has 1 aliphatic carbocycles. The van der Waals surface area contributed by atoms with Gasteiger partial charge in [0.2, 0.25) is 0 Å². The Hall–Kier alpha value is -0.590. The van der Waals surface area contributed by atoms with Crippen molar-refractivity contribution in [2.45, 2.75) is 64.3 Å². The van der Waals surface area contributed by atoms with Crippen LogP contribution in [0.25, 0.3) is 0 Å². The Morgan fingerprint density at radius 3 is 2.83 bits per heavy atom. The van der Waals surface area contributed by atoms with Gasteiger partial charge in [-0.3, -0.25) is 5.32 Å². The normalized spacial score (nSPS) is 27.3. The average molecular weight is 252 g/mol. The molecule has 0 spiro atoms.